The zero-order valence-electron chi connectivity index (χ0n) is 12.8. The highest BCUT2D eigenvalue weighted by molar-refractivity contribution is 5.76. The summed E-state index contributed by atoms with van der Waals surface area (Å²) in [5, 5.41) is 6.86. The Morgan fingerprint density at radius 1 is 1.33 bits per heavy atom. The van der Waals surface area contributed by atoms with Gasteiger partial charge in [0, 0.05) is 6.42 Å². The number of nitrogens with one attached hydrogen (secondary N) is 1. The molecule has 0 radical (unpaired) electrons. The van der Waals surface area contributed by atoms with Crippen LogP contribution in [0, 0.1) is 11.8 Å². The van der Waals surface area contributed by atoms with E-state index in [-0.39, 0.29) is 17.9 Å². The van der Waals surface area contributed by atoms with Crippen molar-refractivity contribution in [1.82, 2.24) is 15.5 Å². The fourth-order valence-electron chi connectivity index (χ4n) is 1.98. The molecule has 1 amide bonds. The van der Waals surface area contributed by atoms with Crippen molar-refractivity contribution >= 4 is 5.91 Å². The molecule has 114 valence electrons. The number of hydrogen-bond donors (Lipinski definition) is 1. The third kappa shape index (κ3) is 3.93. The fraction of sp³-hybridized carbons (Fsp3) is 0.533. The summed E-state index contributed by atoms with van der Waals surface area (Å²) in [7, 11) is 0. The summed E-state index contributed by atoms with van der Waals surface area (Å²) < 4.78 is 10.5. The number of furan rings is 1. The Morgan fingerprint density at radius 3 is 2.67 bits per heavy atom. The smallest absolute Gasteiger partial charge is 0.249 e. The predicted molar refractivity (Wildman–Crippen MR) is 77.2 cm³/mol. The minimum atomic E-state index is -0.299. The highest BCUT2D eigenvalue weighted by Crippen LogP contribution is 2.24. The van der Waals surface area contributed by atoms with Crippen molar-refractivity contribution in [3.8, 4) is 11.6 Å². The van der Waals surface area contributed by atoms with Crippen molar-refractivity contribution in [2.45, 2.75) is 40.2 Å². The van der Waals surface area contributed by atoms with E-state index in [2.05, 4.69) is 15.5 Å². The monoisotopic (exact) mass is 291 g/mol. The minimum Gasteiger partial charge on any atom is -0.461 e. The van der Waals surface area contributed by atoms with Gasteiger partial charge in [0.15, 0.2) is 5.76 Å². The molecule has 0 unspecified atom stereocenters. The van der Waals surface area contributed by atoms with Gasteiger partial charge in [-0.05, 0) is 24.0 Å². The Morgan fingerprint density at radius 2 is 2.10 bits per heavy atom. The molecule has 6 nitrogen and oxygen atoms in total. The van der Waals surface area contributed by atoms with Crippen molar-refractivity contribution in [2.75, 3.05) is 0 Å². The van der Waals surface area contributed by atoms with Crippen LogP contribution in [0.5, 0.6) is 0 Å². The molecule has 0 saturated heterocycles. The molecule has 1 N–H and O–H groups in total. The lowest BCUT2D eigenvalue weighted by atomic mass is 10.0. The fourth-order valence-corrected chi connectivity index (χ4v) is 1.98. The van der Waals surface area contributed by atoms with Gasteiger partial charge >= 0.3 is 0 Å². The van der Waals surface area contributed by atoms with Gasteiger partial charge in [-0.25, -0.2) is 0 Å². The van der Waals surface area contributed by atoms with Crippen molar-refractivity contribution in [3.63, 3.8) is 0 Å². The predicted octanol–water partition coefficient (Wildman–Crippen LogP) is 3.19. The van der Waals surface area contributed by atoms with E-state index in [1.807, 2.05) is 27.7 Å². The Labute approximate surface area is 123 Å². The first kappa shape index (κ1) is 15.3. The molecule has 0 aliphatic carbocycles. The van der Waals surface area contributed by atoms with Gasteiger partial charge in [-0.2, -0.15) is 4.98 Å². The van der Waals surface area contributed by atoms with Crippen molar-refractivity contribution in [3.05, 3.63) is 24.3 Å². The van der Waals surface area contributed by atoms with Crippen LogP contribution in [-0.4, -0.2) is 16.0 Å². The molecule has 21 heavy (non-hydrogen) atoms. The molecule has 1 atom stereocenters. The van der Waals surface area contributed by atoms with Gasteiger partial charge in [0.2, 0.25) is 17.6 Å². The van der Waals surface area contributed by atoms with Gasteiger partial charge < -0.3 is 14.3 Å². The summed E-state index contributed by atoms with van der Waals surface area (Å²) in [6.07, 6.45) is 2.03. The number of carbonyl (C=O) groups is 1. The number of carbonyl (C=O) groups excluding carboxylic acids is 1. The molecule has 0 bridgehead atoms. The highest BCUT2D eigenvalue weighted by atomic mass is 16.5. The second kappa shape index (κ2) is 6.56. The molecule has 2 aromatic heterocycles. The van der Waals surface area contributed by atoms with E-state index >= 15 is 0 Å². The summed E-state index contributed by atoms with van der Waals surface area (Å²) in [6.45, 7) is 8.01. The maximum Gasteiger partial charge on any atom is 0.249 e. The number of rotatable bonds is 6. The van der Waals surface area contributed by atoms with Crippen LogP contribution >= 0.6 is 0 Å². The van der Waals surface area contributed by atoms with Crippen molar-refractivity contribution < 1.29 is 13.7 Å². The van der Waals surface area contributed by atoms with Crippen LogP contribution in [0.2, 0.25) is 0 Å². The molecule has 0 aliphatic heterocycles. The summed E-state index contributed by atoms with van der Waals surface area (Å²) in [5.74, 6) is 1.76. The molecule has 0 fully saturated rings. The van der Waals surface area contributed by atoms with E-state index < -0.39 is 0 Å². The van der Waals surface area contributed by atoms with E-state index in [1.54, 1.807) is 18.4 Å². The third-order valence-electron chi connectivity index (χ3n) is 3.03. The maximum atomic E-state index is 12.0. The normalized spacial score (nSPS) is 12.9. The molecule has 0 aliphatic rings. The largest absolute Gasteiger partial charge is 0.461 e. The van der Waals surface area contributed by atoms with Gasteiger partial charge in [-0.1, -0.05) is 32.9 Å². The maximum absolute atomic E-state index is 12.0. The summed E-state index contributed by atoms with van der Waals surface area (Å²) >= 11 is 0. The Kier molecular flexibility index (Phi) is 4.77. The molecular formula is C15H21N3O3. The summed E-state index contributed by atoms with van der Waals surface area (Å²) in [5.41, 5.74) is 0. The van der Waals surface area contributed by atoms with E-state index in [1.165, 1.54) is 0 Å². The van der Waals surface area contributed by atoms with E-state index in [0.29, 0.717) is 29.8 Å². The lowest BCUT2D eigenvalue weighted by molar-refractivity contribution is -0.123. The first-order valence-electron chi connectivity index (χ1n) is 7.14. The zero-order valence-corrected chi connectivity index (χ0v) is 12.8. The lowest BCUT2D eigenvalue weighted by Gasteiger charge is -2.19. The number of hydrogen-bond acceptors (Lipinski definition) is 5. The standard InChI is InChI=1S/C15H21N3O3/c1-9(2)8-12(19)16-13(10(3)4)15-17-14(18-21-15)11-6-5-7-20-11/h5-7,9-10,13H,8H2,1-4H3,(H,16,19)/t13-/m0/s1. The Balaban J connectivity index is 2.13. The molecule has 2 aromatic rings. The Hall–Kier alpha value is -2.11. The molecular weight excluding hydrogens is 270 g/mol. The molecule has 2 rings (SSSR count). The lowest BCUT2D eigenvalue weighted by Crippen LogP contribution is -2.32. The second-order valence-electron chi connectivity index (χ2n) is 5.82. The quantitative estimate of drug-likeness (QED) is 0.884. The van der Waals surface area contributed by atoms with Gasteiger partial charge in [-0.3, -0.25) is 4.79 Å². The van der Waals surface area contributed by atoms with Crippen molar-refractivity contribution in [2.24, 2.45) is 11.8 Å². The molecule has 0 aromatic carbocycles. The molecule has 0 spiro atoms. The van der Waals surface area contributed by atoms with Crippen LogP contribution in [0.1, 0.15) is 46.0 Å². The van der Waals surface area contributed by atoms with Gasteiger partial charge in [0.1, 0.15) is 6.04 Å². The van der Waals surface area contributed by atoms with Crippen LogP contribution in [0.3, 0.4) is 0 Å². The van der Waals surface area contributed by atoms with E-state index in [0.717, 1.165) is 0 Å². The second-order valence-corrected chi connectivity index (χ2v) is 5.82. The molecule has 0 saturated carbocycles. The van der Waals surface area contributed by atoms with Crippen molar-refractivity contribution in [1.29, 1.82) is 0 Å². The first-order chi connectivity index (χ1) is 9.97. The van der Waals surface area contributed by atoms with Crippen LogP contribution in [0.15, 0.2) is 27.3 Å². The molecule has 6 heteroatoms. The average Bonchev–Trinajstić information content (AvgIpc) is 3.05. The van der Waals surface area contributed by atoms with Crippen LogP contribution in [0.25, 0.3) is 11.6 Å². The third-order valence-corrected chi connectivity index (χ3v) is 3.03. The van der Waals surface area contributed by atoms with E-state index in [9.17, 15) is 4.79 Å². The zero-order chi connectivity index (χ0) is 15.4. The van der Waals surface area contributed by atoms with Gasteiger partial charge in [0.25, 0.3) is 0 Å². The summed E-state index contributed by atoms with van der Waals surface area (Å²) in [6, 6.07) is 3.22. The first-order valence-corrected chi connectivity index (χ1v) is 7.14. The number of aromatic nitrogens is 2. The van der Waals surface area contributed by atoms with Gasteiger partial charge in [0.05, 0.1) is 6.26 Å². The summed E-state index contributed by atoms with van der Waals surface area (Å²) in [4.78, 5) is 16.3. The minimum absolute atomic E-state index is 0.0125. The SMILES string of the molecule is CC(C)CC(=O)N[C@H](c1nc(-c2ccco2)no1)C(C)C. The number of amides is 1. The Bertz CT molecular complexity index is 573. The topological polar surface area (TPSA) is 81.2 Å². The van der Waals surface area contributed by atoms with Gasteiger partial charge in [-0.15, -0.1) is 0 Å². The number of nitrogens with zero attached hydrogens (tertiary/aromatic N) is 2. The average molecular weight is 291 g/mol. The van der Waals surface area contributed by atoms with Crippen LogP contribution < -0.4 is 5.32 Å². The van der Waals surface area contributed by atoms with E-state index in [4.69, 9.17) is 8.94 Å². The highest BCUT2D eigenvalue weighted by Gasteiger charge is 2.25. The van der Waals surface area contributed by atoms with Crippen LogP contribution in [-0.2, 0) is 4.79 Å². The molecule has 2 heterocycles. The van der Waals surface area contributed by atoms with Crippen LogP contribution in [0.4, 0.5) is 0 Å².